The molecule has 2 aromatic carbocycles. The molecule has 0 radical (unpaired) electrons. The smallest absolute Gasteiger partial charge is 0.227 e. The van der Waals surface area contributed by atoms with Crippen molar-refractivity contribution in [3.8, 4) is 6.07 Å². The zero-order valence-corrected chi connectivity index (χ0v) is 14.0. The summed E-state index contributed by atoms with van der Waals surface area (Å²) >= 11 is 0. The minimum absolute atomic E-state index is 0.127. The number of nitrogens with one attached hydrogen (secondary N) is 1. The molecule has 0 saturated carbocycles. The van der Waals surface area contributed by atoms with Crippen molar-refractivity contribution in [2.75, 3.05) is 11.4 Å². The average molecular weight is 333 g/mol. The Morgan fingerprint density at radius 3 is 2.68 bits per heavy atom. The first-order valence-corrected chi connectivity index (χ1v) is 8.21. The van der Waals surface area contributed by atoms with Crippen LogP contribution < -0.4 is 10.2 Å². The van der Waals surface area contributed by atoms with Crippen LogP contribution in [0.1, 0.15) is 23.1 Å². The van der Waals surface area contributed by atoms with E-state index in [1.54, 1.807) is 24.3 Å². The second kappa shape index (κ2) is 7.18. The molecule has 1 saturated heterocycles. The summed E-state index contributed by atoms with van der Waals surface area (Å²) in [4.78, 5) is 26.2. The number of carbonyl (C=O) groups is 2. The van der Waals surface area contributed by atoms with Gasteiger partial charge in [0.15, 0.2) is 0 Å². The van der Waals surface area contributed by atoms with Gasteiger partial charge in [-0.05, 0) is 24.6 Å². The summed E-state index contributed by atoms with van der Waals surface area (Å²) in [5.41, 5.74) is 3.21. The molecular weight excluding hydrogens is 314 g/mol. The Morgan fingerprint density at radius 1 is 1.24 bits per heavy atom. The van der Waals surface area contributed by atoms with Gasteiger partial charge in [-0.15, -0.1) is 0 Å². The summed E-state index contributed by atoms with van der Waals surface area (Å²) < 4.78 is 0. The van der Waals surface area contributed by atoms with Gasteiger partial charge in [0.1, 0.15) is 6.07 Å². The summed E-state index contributed by atoms with van der Waals surface area (Å²) in [6.07, 6.45) is 0.166. The molecule has 126 valence electrons. The Hall–Kier alpha value is -3.13. The van der Waals surface area contributed by atoms with E-state index in [9.17, 15) is 14.9 Å². The highest BCUT2D eigenvalue weighted by Crippen LogP contribution is 2.27. The number of hydrogen-bond acceptors (Lipinski definition) is 3. The third kappa shape index (κ3) is 3.69. The van der Waals surface area contributed by atoms with Gasteiger partial charge in [-0.1, -0.05) is 42.0 Å². The van der Waals surface area contributed by atoms with E-state index in [0.717, 1.165) is 5.56 Å². The zero-order chi connectivity index (χ0) is 17.8. The lowest BCUT2D eigenvalue weighted by Crippen LogP contribution is -2.32. The Morgan fingerprint density at radius 2 is 1.96 bits per heavy atom. The summed E-state index contributed by atoms with van der Waals surface area (Å²) in [7, 11) is 0. The molecule has 2 amide bonds. The van der Waals surface area contributed by atoms with E-state index in [1.807, 2.05) is 31.2 Å². The lowest BCUT2D eigenvalue weighted by atomic mass is 10.1. The summed E-state index contributed by atoms with van der Waals surface area (Å²) in [5, 5.41) is 12.1. The molecule has 2 aromatic rings. The number of nitrogens with zero attached hydrogens (tertiary/aromatic N) is 2. The van der Waals surface area contributed by atoms with Crippen molar-refractivity contribution in [3.63, 3.8) is 0 Å². The molecule has 1 N–H and O–H groups in total. The number of para-hydroxylation sites is 1. The largest absolute Gasteiger partial charge is 0.352 e. The highest BCUT2D eigenvalue weighted by atomic mass is 16.2. The lowest BCUT2D eigenvalue weighted by molar-refractivity contribution is -0.126. The van der Waals surface area contributed by atoms with E-state index in [0.29, 0.717) is 24.3 Å². The van der Waals surface area contributed by atoms with Gasteiger partial charge >= 0.3 is 0 Å². The first-order chi connectivity index (χ1) is 12.1. The molecule has 0 aromatic heterocycles. The fourth-order valence-corrected chi connectivity index (χ4v) is 2.96. The number of rotatable bonds is 4. The fourth-order valence-electron chi connectivity index (χ4n) is 2.96. The van der Waals surface area contributed by atoms with Crippen molar-refractivity contribution in [2.45, 2.75) is 19.9 Å². The van der Waals surface area contributed by atoms with Crippen LogP contribution >= 0.6 is 0 Å². The minimum Gasteiger partial charge on any atom is -0.352 e. The molecule has 0 aliphatic carbocycles. The van der Waals surface area contributed by atoms with Crippen LogP contribution in [0.3, 0.4) is 0 Å². The maximum absolute atomic E-state index is 12.4. The zero-order valence-electron chi connectivity index (χ0n) is 14.0. The van der Waals surface area contributed by atoms with Crippen molar-refractivity contribution in [3.05, 3.63) is 65.2 Å². The number of benzene rings is 2. The molecule has 1 heterocycles. The predicted molar refractivity (Wildman–Crippen MR) is 94.6 cm³/mol. The van der Waals surface area contributed by atoms with Crippen LogP contribution in [0.15, 0.2) is 48.5 Å². The van der Waals surface area contributed by atoms with Gasteiger partial charge in [-0.2, -0.15) is 5.26 Å². The summed E-state index contributed by atoms with van der Waals surface area (Å²) in [5.74, 6) is -0.659. The topological polar surface area (TPSA) is 73.2 Å². The molecule has 5 nitrogen and oxygen atoms in total. The first kappa shape index (κ1) is 16.7. The predicted octanol–water partition coefficient (Wildman–Crippen LogP) is 2.54. The maximum Gasteiger partial charge on any atom is 0.227 e. The number of amides is 2. The molecule has 0 spiro atoms. The maximum atomic E-state index is 12.4. The Balaban J connectivity index is 1.64. The van der Waals surface area contributed by atoms with Crippen molar-refractivity contribution >= 4 is 17.5 Å². The van der Waals surface area contributed by atoms with Crippen LogP contribution in [0.25, 0.3) is 0 Å². The first-order valence-electron chi connectivity index (χ1n) is 8.21. The van der Waals surface area contributed by atoms with Gasteiger partial charge < -0.3 is 10.2 Å². The standard InChI is InChI=1S/C20H19N3O2/c1-14-6-8-15(9-7-14)12-22-20(25)17-10-19(24)23(13-17)18-5-3-2-4-16(18)11-21/h2-9,17H,10,12-13H2,1H3,(H,22,25). The molecule has 1 fully saturated rings. The molecule has 25 heavy (non-hydrogen) atoms. The second-order valence-electron chi connectivity index (χ2n) is 6.24. The Kier molecular flexibility index (Phi) is 4.80. The normalized spacial score (nSPS) is 16.6. The number of carbonyl (C=O) groups excluding carboxylic acids is 2. The van der Waals surface area contributed by atoms with Gasteiger partial charge in [0, 0.05) is 19.5 Å². The van der Waals surface area contributed by atoms with Gasteiger partial charge in [0.25, 0.3) is 0 Å². The molecule has 1 atom stereocenters. The van der Waals surface area contributed by atoms with Gasteiger partial charge in [0.05, 0.1) is 17.2 Å². The second-order valence-corrected chi connectivity index (χ2v) is 6.24. The average Bonchev–Trinajstić information content (AvgIpc) is 3.02. The fraction of sp³-hybridized carbons (Fsp3) is 0.250. The van der Waals surface area contributed by atoms with Crippen LogP contribution in [0, 0.1) is 24.2 Å². The molecule has 1 unspecified atom stereocenters. The van der Waals surface area contributed by atoms with Crippen molar-refractivity contribution in [2.24, 2.45) is 5.92 Å². The lowest BCUT2D eigenvalue weighted by Gasteiger charge is -2.18. The van der Waals surface area contributed by atoms with Crippen LogP contribution in [0.5, 0.6) is 0 Å². The monoisotopic (exact) mass is 333 g/mol. The summed E-state index contributed by atoms with van der Waals surface area (Å²) in [6.45, 7) is 2.76. The van der Waals surface area contributed by atoms with Crippen molar-refractivity contribution < 1.29 is 9.59 Å². The van der Waals surface area contributed by atoms with E-state index in [2.05, 4.69) is 11.4 Å². The highest BCUT2D eigenvalue weighted by Gasteiger charge is 2.35. The molecule has 1 aliphatic rings. The number of nitriles is 1. The van der Waals surface area contributed by atoms with Crippen LogP contribution in [0.4, 0.5) is 5.69 Å². The van der Waals surface area contributed by atoms with Crippen molar-refractivity contribution in [1.29, 1.82) is 5.26 Å². The van der Waals surface area contributed by atoms with Crippen LogP contribution in [-0.4, -0.2) is 18.4 Å². The summed E-state index contributed by atoms with van der Waals surface area (Å²) in [6, 6.07) is 17.0. The van der Waals surface area contributed by atoms with E-state index in [-0.39, 0.29) is 18.2 Å². The number of aryl methyl sites for hydroxylation is 1. The van der Waals surface area contributed by atoms with Gasteiger partial charge in [0.2, 0.25) is 11.8 Å². The van der Waals surface area contributed by atoms with E-state index in [1.165, 1.54) is 10.5 Å². The number of anilines is 1. The quantitative estimate of drug-likeness (QED) is 0.934. The third-order valence-electron chi connectivity index (χ3n) is 4.40. The molecule has 5 heteroatoms. The Labute approximate surface area is 146 Å². The van der Waals surface area contributed by atoms with Crippen LogP contribution in [0.2, 0.25) is 0 Å². The van der Waals surface area contributed by atoms with Gasteiger partial charge in [-0.3, -0.25) is 9.59 Å². The third-order valence-corrected chi connectivity index (χ3v) is 4.40. The highest BCUT2D eigenvalue weighted by molar-refractivity contribution is 6.01. The molecule has 1 aliphatic heterocycles. The van der Waals surface area contributed by atoms with E-state index in [4.69, 9.17) is 0 Å². The Bertz CT molecular complexity index is 837. The van der Waals surface area contributed by atoms with E-state index >= 15 is 0 Å². The number of hydrogen-bond donors (Lipinski definition) is 1. The SMILES string of the molecule is Cc1ccc(CNC(=O)C2CC(=O)N(c3ccccc3C#N)C2)cc1. The van der Waals surface area contributed by atoms with Crippen LogP contribution in [-0.2, 0) is 16.1 Å². The molecular formula is C20H19N3O2. The van der Waals surface area contributed by atoms with Gasteiger partial charge in [-0.25, -0.2) is 0 Å². The molecule has 3 rings (SSSR count). The van der Waals surface area contributed by atoms with E-state index < -0.39 is 5.92 Å². The minimum atomic E-state index is -0.398. The molecule has 0 bridgehead atoms. The van der Waals surface area contributed by atoms with Crippen molar-refractivity contribution in [1.82, 2.24) is 5.32 Å².